The highest BCUT2D eigenvalue weighted by atomic mass is 32.2. The number of carbonyl (C=O) groups is 2. The summed E-state index contributed by atoms with van der Waals surface area (Å²) in [4.78, 5) is 42.5. The van der Waals surface area contributed by atoms with Crippen molar-refractivity contribution >= 4 is 34.5 Å². The van der Waals surface area contributed by atoms with Crippen LogP contribution in [0.4, 0.5) is 0 Å². The van der Waals surface area contributed by atoms with Crippen LogP contribution in [-0.2, 0) is 16.0 Å². The molecule has 4 aromatic rings. The number of para-hydroxylation sites is 1. The lowest BCUT2D eigenvalue weighted by atomic mass is 10.1. The second kappa shape index (κ2) is 10.6. The number of hydrogen-bond acceptors (Lipinski definition) is 5. The zero-order valence-corrected chi connectivity index (χ0v) is 20.2. The van der Waals surface area contributed by atoms with Gasteiger partial charge in [0.15, 0.2) is 5.16 Å². The molecule has 2 N–H and O–H groups in total. The van der Waals surface area contributed by atoms with Crippen LogP contribution in [0.1, 0.15) is 16.7 Å². The van der Waals surface area contributed by atoms with Crippen molar-refractivity contribution in [3.05, 3.63) is 99.8 Å². The molecular formula is C27H25N3O4S. The summed E-state index contributed by atoms with van der Waals surface area (Å²) in [5.74, 6) is -1.65. The van der Waals surface area contributed by atoms with Gasteiger partial charge in [-0.05, 0) is 54.8 Å². The molecule has 35 heavy (non-hydrogen) atoms. The van der Waals surface area contributed by atoms with Gasteiger partial charge in [0, 0.05) is 6.42 Å². The minimum atomic E-state index is -1.11. The molecule has 8 heteroatoms. The average Bonchev–Trinajstić information content (AvgIpc) is 2.85. The van der Waals surface area contributed by atoms with E-state index in [9.17, 15) is 19.5 Å². The number of aromatic nitrogens is 2. The van der Waals surface area contributed by atoms with Gasteiger partial charge in [-0.1, -0.05) is 60.3 Å². The molecule has 1 aromatic heterocycles. The van der Waals surface area contributed by atoms with Crippen LogP contribution in [0, 0.1) is 13.8 Å². The summed E-state index contributed by atoms with van der Waals surface area (Å²) in [5, 5.41) is 13.0. The third-order valence-electron chi connectivity index (χ3n) is 5.74. The number of nitrogens with zero attached hydrogens (tertiary/aromatic N) is 2. The molecule has 1 unspecified atom stereocenters. The molecule has 0 bridgehead atoms. The molecule has 0 spiro atoms. The Kier molecular flexibility index (Phi) is 7.31. The van der Waals surface area contributed by atoms with Crippen molar-refractivity contribution in [2.24, 2.45) is 0 Å². The van der Waals surface area contributed by atoms with E-state index in [2.05, 4.69) is 10.3 Å². The molecule has 7 nitrogen and oxygen atoms in total. The molecule has 4 rings (SSSR count). The number of carboxylic acid groups (broad SMARTS) is 1. The second-order valence-electron chi connectivity index (χ2n) is 8.26. The number of aliphatic carboxylic acids is 1. The molecule has 1 atom stereocenters. The van der Waals surface area contributed by atoms with Gasteiger partial charge in [0.1, 0.15) is 6.04 Å². The summed E-state index contributed by atoms with van der Waals surface area (Å²) in [6, 6.07) is 20.8. The number of thioether (sulfide) groups is 1. The van der Waals surface area contributed by atoms with Crippen LogP contribution in [-0.4, -0.2) is 38.3 Å². The van der Waals surface area contributed by atoms with E-state index in [1.54, 1.807) is 24.3 Å². The fourth-order valence-corrected chi connectivity index (χ4v) is 4.54. The minimum Gasteiger partial charge on any atom is -0.480 e. The van der Waals surface area contributed by atoms with Gasteiger partial charge in [-0.2, -0.15) is 0 Å². The highest BCUT2D eigenvalue weighted by Crippen LogP contribution is 2.22. The zero-order valence-electron chi connectivity index (χ0n) is 19.4. The Hall–Kier alpha value is -3.91. The highest BCUT2D eigenvalue weighted by Gasteiger charge is 2.21. The van der Waals surface area contributed by atoms with Crippen LogP contribution in [0.25, 0.3) is 16.6 Å². The molecule has 0 aliphatic heterocycles. The summed E-state index contributed by atoms with van der Waals surface area (Å²) in [5.41, 5.74) is 3.91. The predicted octanol–water partition coefficient (Wildman–Crippen LogP) is 3.91. The predicted molar refractivity (Wildman–Crippen MR) is 137 cm³/mol. The van der Waals surface area contributed by atoms with Gasteiger partial charge in [0.25, 0.3) is 5.56 Å². The van der Waals surface area contributed by atoms with Crippen molar-refractivity contribution < 1.29 is 14.7 Å². The smallest absolute Gasteiger partial charge is 0.326 e. The third kappa shape index (κ3) is 5.60. The van der Waals surface area contributed by atoms with Crippen LogP contribution in [0.15, 0.2) is 82.7 Å². The van der Waals surface area contributed by atoms with Crippen molar-refractivity contribution in [2.45, 2.75) is 31.5 Å². The van der Waals surface area contributed by atoms with Crippen LogP contribution in [0.5, 0.6) is 0 Å². The highest BCUT2D eigenvalue weighted by molar-refractivity contribution is 7.99. The molecule has 0 saturated heterocycles. The first-order valence-corrected chi connectivity index (χ1v) is 12.1. The van der Waals surface area contributed by atoms with Gasteiger partial charge in [-0.3, -0.25) is 14.2 Å². The molecule has 0 fully saturated rings. The van der Waals surface area contributed by atoms with Crippen molar-refractivity contribution in [1.82, 2.24) is 14.9 Å². The topological polar surface area (TPSA) is 101 Å². The lowest BCUT2D eigenvalue weighted by Gasteiger charge is -2.16. The molecule has 0 radical (unpaired) electrons. The van der Waals surface area contributed by atoms with Gasteiger partial charge in [-0.15, -0.1) is 0 Å². The van der Waals surface area contributed by atoms with Gasteiger partial charge >= 0.3 is 5.97 Å². The largest absolute Gasteiger partial charge is 0.480 e. The summed E-state index contributed by atoms with van der Waals surface area (Å²) in [6.45, 7) is 3.96. The monoisotopic (exact) mass is 487 g/mol. The van der Waals surface area contributed by atoms with E-state index in [1.165, 1.54) is 4.57 Å². The van der Waals surface area contributed by atoms with E-state index in [1.807, 2.05) is 62.4 Å². The SMILES string of the molecule is Cc1ccc(-n2c(SCC(=O)NC(Cc3ccccc3)C(=O)O)nc3ccccc3c2=O)cc1C. The maximum atomic E-state index is 13.4. The maximum Gasteiger partial charge on any atom is 0.326 e. The van der Waals surface area contributed by atoms with Gasteiger partial charge in [0.05, 0.1) is 22.3 Å². The van der Waals surface area contributed by atoms with Crippen molar-refractivity contribution in [3.8, 4) is 5.69 Å². The molecule has 1 amide bonds. The lowest BCUT2D eigenvalue weighted by Crippen LogP contribution is -2.43. The fraction of sp³-hybridized carbons (Fsp3) is 0.185. The molecular weight excluding hydrogens is 462 g/mol. The van der Waals surface area contributed by atoms with Crippen LogP contribution in [0.3, 0.4) is 0 Å². The fourth-order valence-electron chi connectivity index (χ4n) is 3.72. The van der Waals surface area contributed by atoms with Crippen molar-refractivity contribution in [1.29, 1.82) is 0 Å². The molecule has 0 aliphatic rings. The van der Waals surface area contributed by atoms with E-state index in [0.29, 0.717) is 21.7 Å². The van der Waals surface area contributed by atoms with Crippen LogP contribution < -0.4 is 10.9 Å². The Bertz CT molecular complexity index is 1450. The first kappa shape index (κ1) is 24.2. The summed E-state index contributed by atoms with van der Waals surface area (Å²) >= 11 is 1.10. The Morgan fingerprint density at radius 1 is 1.00 bits per heavy atom. The molecule has 1 heterocycles. The first-order chi connectivity index (χ1) is 16.8. The van der Waals surface area contributed by atoms with Crippen molar-refractivity contribution in [3.63, 3.8) is 0 Å². The number of nitrogens with one attached hydrogen (secondary N) is 1. The number of aryl methyl sites for hydroxylation is 2. The van der Waals surface area contributed by atoms with E-state index in [4.69, 9.17) is 0 Å². The summed E-state index contributed by atoms with van der Waals surface area (Å²) in [6.07, 6.45) is 0.175. The van der Waals surface area contributed by atoms with E-state index in [-0.39, 0.29) is 17.7 Å². The van der Waals surface area contributed by atoms with Crippen LogP contribution in [0.2, 0.25) is 0 Å². The lowest BCUT2D eigenvalue weighted by molar-refractivity contribution is -0.141. The van der Waals surface area contributed by atoms with Crippen LogP contribution >= 0.6 is 11.8 Å². The molecule has 0 saturated carbocycles. The third-order valence-corrected chi connectivity index (χ3v) is 6.68. The van der Waals surface area contributed by atoms with Gasteiger partial charge in [0.2, 0.25) is 5.91 Å². The molecule has 3 aromatic carbocycles. The van der Waals surface area contributed by atoms with Gasteiger partial charge in [-0.25, -0.2) is 9.78 Å². The first-order valence-electron chi connectivity index (χ1n) is 11.1. The Morgan fingerprint density at radius 2 is 1.71 bits per heavy atom. The zero-order chi connectivity index (χ0) is 24.9. The average molecular weight is 488 g/mol. The minimum absolute atomic E-state index is 0.0891. The number of benzene rings is 3. The Balaban J connectivity index is 1.60. The van der Waals surface area contributed by atoms with Gasteiger partial charge < -0.3 is 10.4 Å². The second-order valence-corrected chi connectivity index (χ2v) is 9.20. The molecule has 178 valence electrons. The number of hydrogen-bond donors (Lipinski definition) is 2. The van der Waals surface area contributed by atoms with E-state index >= 15 is 0 Å². The number of rotatable bonds is 8. The maximum absolute atomic E-state index is 13.4. The quantitative estimate of drug-likeness (QED) is 0.289. The van der Waals surface area contributed by atoms with E-state index in [0.717, 1.165) is 28.5 Å². The van der Waals surface area contributed by atoms with Crippen molar-refractivity contribution in [2.75, 3.05) is 5.75 Å². The summed E-state index contributed by atoms with van der Waals surface area (Å²) in [7, 11) is 0. The number of amides is 1. The standard InChI is InChI=1S/C27H25N3O4S/c1-17-12-13-20(14-18(17)2)30-25(32)21-10-6-7-11-22(21)29-27(30)35-16-24(31)28-23(26(33)34)15-19-8-4-3-5-9-19/h3-14,23H,15-16H2,1-2H3,(H,28,31)(H,33,34). The molecule has 0 aliphatic carbocycles. The summed E-state index contributed by atoms with van der Waals surface area (Å²) < 4.78 is 1.51. The van der Waals surface area contributed by atoms with E-state index < -0.39 is 17.9 Å². The Labute approximate surface area is 206 Å². The normalized spacial score (nSPS) is 11.8. The number of carboxylic acids is 1. The number of fused-ring (bicyclic) bond motifs is 1. The Morgan fingerprint density at radius 3 is 2.43 bits per heavy atom. The number of carbonyl (C=O) groups excluding carboxylic acids is 1.